The van der Waals surface area contributed by atoms with Gasteiger partial charge in [0.25, 0.3) is 0 Å². The number of nitrogens with zero attached hydrogens (tertiary/aromatic N) is 1. The number of amides is 2. The Morgan fingerprint density at radius 1 is 1.29 bits per heavy atom. The normalized spacial score (nSPS) is 17.5. The van der Waals surface area contributed by atoms with E-state index >= 15 is 0 Å². The molecule has 1 heterocycles. The average molecular weight is 401 g/mol. The van der Waals surface area contributed by atoms with Crippen LogP contribution in [0.25, 0.3) is 0 Å². The van der Waals surface area contributed by atoms with Crippen LogP contribution in [0.1, 0.15) is 18.9 Å². The maximum absolute atomic E-state index is 13.6. The Morgan fingerprint density at radius 3 is 2.71 bits per heavy atom. The van der Waals surface area contributed by atoms with Crippen LogP contribution in [0.5, 0.6) is 5.75 Å². The van der Waals surface area contributed by atoms with Crippen molar-refractivity contribution in [1.82, 2.24) is 5.32 Å². The summed E-state index contributed by atoms with van der Waals surface area (Å²) in [6.07, 6.45) is 0.00495. The van der Waals surface area contributed by atoms with Crippen molar-refractivity contribution in [1.29, 1.82) is 0 Å². The minimum atomic E-state index is -0.586. The Balaban J connectivity index is 1.58. The van der Waals surface area contributed by atoms with E-state index in [1.165, 1.54) is 6.07 Å². The lowest BCUT2D eigenvalue weighted by molar-refractivity contribution is -0.122. The van der Waals surface area contributed by atoms with Gasteiger partial charge in [-0.3, -0.25) is 9.59 Å². The average Bonchev–Trinajstić information content (AvgIpc) is 2.99. The molecule has 3 rings (SSSR count). The molecule has 1 aliphatic heterocycles. The van der Waals surface area contributed by atoms with Crippen molar-refractivity contribution in [3.63, 3.8) is 0 Å². The van der Waals surface area contributed by atoms with Crippen molar-refractivity contribution < 1.29 is 18.7 Å². The van der Waals surface area contributed by atoms with Gasteiger partial charge < -0.3 is 15.4 Å². The summed E-state index contributed by atoms with van der Waals surface area (Å²) in [6.45, 7) is 4.13. The van der Waals surface area contributed by atoms with E-state index < -0.39 is 5.25 Å². The van der Waals surface area contributed by atoms with Gasteiger partial charge >= 0.3 is 0 Å². The van der Waals surface area contributed by atoms with Crippen molar-refractivity contribution >= 4 is 40.1 Å². The summed E-state index contributed by atoms with van der Waals surface area (Å²) in [5.74, 6) is -0.209. The van der Waals surface area contributed by atoms with Gasteiger partial charge in [0.2, 0.25) is 11.8 Å². The molecule has 28 heavy (non-hydrogen) atoms. The second kappa shape index (κ2) is 8.88. The van der Waals surface area contributed by atoms with Crippen molar-refractivity contribution in [2.24, 2.45) is 4.99 Å². The number of ether oxygens (including phenoxy) is 1. The topological polar surface area (TPSA) is 79.8 Å². The van der Waals surface area contributed by atoms with Crippen LogP contribution in [-0.4, -0.2) is 28.8 Å². The van der Waals surface area contributed by atoms with E-state index in [1.807, 2.05) is 6.92 Å². The maximum Gasteiger partial charge on any atom is 0.240 e. The number of rotatable bonds is 6. The molecular weight excluding hydrogens is 381 g/mol. The summed E-state index contributed by atoms with van der Waals surface area (Å²) in [5.41, 5.74) is 1.56. The van der Waals surface area contributed by atoms with Crippen LogP contribution >= 0.6 is 11.8 Å². The van der Waals surface area contributed by atoms with Crippen LogP contribution in [-0.2, 0) is 9.59 Å². The van der Waals surface area contributed by atoms with Gasteiger partial charge in [-0.15, -0.1) is 0 Å². The predicted molar refractivity (Wildman–Crippen MR) is 109 cm³/mol. The minimum Gasteiger partial charge on any atom is -0.494 e. The van der Waals surface area contributed by atoms with Crippen molar-refractivity contribution in [2.75, 3.05) is 11.9 Å². The van der Waals surface area contributed by atoms with Crippen LogP contribution in [0.3, 0.4) is 0 Å². The Kier molecular flexibility index (Phi) is 6.30. The zero-order chi connectivity index (χ0) is 20.1. The number of amidine groups is 1. The molecule has 1 atom stereocenters. The third kappa shape index (κ3) is 5.10. The molecule has 1 aliphatic rings. The fraction of sp³-hybridized carbons (Fsp3) is 0.250. The molecule has 0 aliphatic carbocycles. The molecule has 0 unspecified atom stereocenters. The first kappa shape index (κ1) is 19.9. The number of thioether (sulfide) groups is 1. The van der Waals surface area contributed by atoms with Gasteiger partial charge in [-0.05, 0) is 55.8 Å². The number of carbonyl (C=O) groups excluding carboxylic acids is 2. The first-order valence-corrected chi connectivity index (χ1v) is 9.67. The van der Waals surface area contributed by atoms with Crippen LogP contribution in [0.15, 0.2) is 47.5 Å². The largest absolute Gasteiger partial charge is 0.494 e. The molecule has 0 aromatic heterocycles. The Labute approximate surface area is 166 Å². The van der Waals surface area contributed by atoms with Crippen LogP contribution in [0.4, 0.5) is 15.8 Å². The molecular formula is C20H20FN3O3S. The van der Waals surface area contributed by atoms with E-state index in [1.54, 1.807) is 43.3 Å². The van der Waals surface area contributed by atoms with Crippen LogP contribution < -0.4 is 15.4 Å². The highest BCUT2D eigenvalue weighted by Crippen LogP contribution is 2.26. The highest BCUT2D eigenvalue weighted by atomic mass is 32.2. The lowest BCUT2D eigenvalue weighted by atomic mass is 10.2. The number of hydrogen-bond donors (Lipinski definition) is 2. The predicted octanol–water partition coefficient (Wildman–Crippen LogP) is 3.78. The van der Waals surface area contributed by atoms with E-state index in [4.69, 9.17) is 4.74 Å². The molecule has 0 radical (unpaired) electrons. The molecule has 1 fully saturated rings. The summed E-state index contributed by atoms with van der Waals surface area (Å²) in [7, 11) is 0. The maximum atomic E-state index is 13.6. The zero-order valence-electron chi connectivity index (χ0n) is 15.5. The first-order chi connectivity index (χ1) is 13.4. The highest BCUT2D eigenvalue weighted by Gasteiger charge is 2.32. The Morgan fingerprint density at radius 2 is 2.04 bits per heavy atom. The van der Waals surface area contributed by atoms with Gasteiger partial charge in [0, 0.05) is 12.1 Å². The minimum absolute atomic E-state index is 0.00495. The van der Waals surface area contributed by atoms with Gasteiger partial charge in [-0.2, -0.15) is 0 Å². The second-order valence-corrected chi connectivity index (χ2v) is 7.35. The van der Waals surface area contributed by atoms with E-state index in [0.29, 0.717) is 28.7 Å². The SMILES string of the molecule is CCOc1ccc(NC(=O)C[C@@H]2SC(=Nc3ccc(C)c(F)c3)NC2=O)cc1. The number of hydrogen-bond acceptors (Lipinski definition) is 5. The third-order valence-electron chi connectivity index (χ3n) is 3.98. The van der Waals surface area contributed by atoms with E-state index in [0.717, 1.165) is 17.5 Å². The standard InChI is InChI=1S/C20H20FN3O3S/c1-3-27-15-8-6-13(7-9-15)22-18(25)11-17-19(26)24-20(28-17)23-14-5-4-12(2)16(21)10-14/h4-10,17H,3,11H2,1-2H3,(H,22,25)(H,23,24,26)/t17-/m0/s1. The van der Waals surface area contributed by atoms with Gasteiger partial charge in [-0.1, -0.05) is 17.8 Å². The molecule has 0 saturated carbocycles. The van der Waals surface area contributed by atoms with Crippen molar-refractivity contribution in [3.8, 4) is 5.75 Å². The third-order valence-corrected chi connectivity index (χ3v) is 5.06. The smallest absolute Gasteiger partial charge is 0.240 e. The molecule has 146 valence electrons. The summed E-state index contributed by atoms with van der Waals surface area (Å²) >= 11 is 1.16. The zero-order valence-corrected chi connectivity index (χ0v) is 16.3. The lowest BCUT2D eigenvalue weighted by Gasteiger charge is -2.08. The fourth-order valence-electron chi connectivity index (χ4n) is 2.54. The molecule has 8 heteroatoms. The van der Waals surface area contributed by atoms with E-state index in [2.05, 4.69) is 15.6 Å². The van der Waals surface area contributed by atoms with Gasteiger partial charge in [0.15, 0.2) is 5.17 Å². The van der Waals surface area contributed by atoms with Gasteiger partial charge in [-0.25, -0.2) is 9.38 Å². The molecule has 0 bridgehead atoms. The molecule has 2 aromatic rings. The van der Waals surface area contributed by atoms with Crippen molar-refractivity contribution in [2.45, 2.75) is 25.5 Å². The number of halogens is 1. The molecule has 1 saturated heterocycles. The number of anilines is 1. The van der Waals surface area contributed by atoms with Gasteiger partial charge in [0.05, 0.1) is 12.3 Å². The number of carbonyl (C=O) groups is 2. The molecule has 0 spiro atoms. The van der Waals surface area contributed by atoms with Crippen molar-refractivity contribution in [3.05, 3.63) is 53.8 Å². The number of nitrogens with one attached hydrogen (secondary N) is 2. The molecule has 2 N–H and O–H groups in total. The lowest BCUT2D eigenvalue weighted by Crippen LogP contribution is -2.28. The molecule has 2 aromatic carbocycles. The molecule has 2 amide bonds. The van der Waals surface area contributed by atoms with E-state index in [9.17, 15) is 14.0 Å². The summed E-state index contributed by atoms with van der Waals surface area (Å²) in [5, 5.41) is 5.16. The van der Waals surface area contributed by atoms with Crippen LogP contribution in [0.2, 0.25) is 0 Å². The molecule has 6 nitrogen and oxygen atoms in total. The highest BCUT2D eigenvalue weighted by molar-refractivity contribution is 8.15. The number of aryl methyl sites for hydroxylation is 1. The summed E-state index contributed by atoms with van der Waals surface area (Å²) in [4.78, 5) is 28.6. The number of aliphatic imine (C=N–C) groups is 1. The summed E-state index contributed by atoms with van der Waals surface area (Å²) < 4.78 is 19.0. The van der Waals surface area contributed by atoms with E-state index in [-0.39, 0.29) is 24.1 Å². The quantitative estimate of drug-likeness (QED) is 0.772. The fourth-order valence-corrected chi connectivity index (χ4v) is 3.53. The first-order valence-electron chi connectivity index (χ1n) is 8.79. The summed E-state index contributed by atoms with van der Waals surface area (Å²) in [6, 6.07) is 11.6. The number of benzene rings is 2. The van der Waals surface area contributed by atoms with Gasteiger partial charge in [0.1, 0.15) is 16.8 Å². The Bertz CT molecular complexity index is 915. The van der Waals surface area contributed by atoms with Crippen LogP contribution in [0, 0.1) is 12.7 Å². The second-order valence-electron chi connectivity index (χ2n) is 6.16. The Hall–Kier alpha value is -2.87. The monoisotopic (exact) mass is 401 g/mol.